The van der Waals surface area contributed by atoms with E-state index < -0.39 is 23.5 Å². The molecule has 0 aliphatic carbocycles. The van der Waals surface area contributed by atoms with E-state index in [2.05, 4.69) is 66.9 Å². The van der Waals surface area contributed by atoms with Crippen molar-refractivity contribution < 1.29 is 59.8 Å². The minimum atomic E-state index is -4.46. The number of hydrogen-bond acceptors (Lipinski definition) is 12. The highest BCUT2D eigenvalue weighted by Crippen LogP contribution is 2.39. The second-order valence-corrected chi connectivity index (χ2v) is 34.2. The van der Waals surface area contributed by atoms with Gasteiger partial charge in [-0.15, -0.1) is 0 Å². The molecule has 10 aromatic carbocycles. The number of nitrogens with one attached hydrogen (secondary N) is 8. The quantitative estimate of drug-likeness (QED) is 0.0472. The van der Waals surface area contributed by atoms with Crippen LogP contribution >= 0.6 is 58.0 Å². The summed E-state index contributed by atoms with van der Waals surface area (Å²) in [7, 11) is 0. The molecule has 0 radical (unpaired) electrons. The lowest BCUT2D eigenvalue weighted by molar-refractivity contribution is -0.138. The summed E-state index contributed by atoms with van der Waals surface area (Å²) in [5, 5.41) is 48.6. The van der Waals surface area contributed by atoms with E-state index in [0.717, 1.165) is 167 Å². The van der Waals surface area contributed by atoms with Crippen LogP contribution in [0.15, 0.2) is 255 Å². The van der Waals surface area contributed by atoms with Gasteiger partial charge in [-0.3, -0.25) is 35.1 Å². The fraction of sp³-hybridized carbons (Fsp3) is 0.200. The zero-order valence-corrected chi connectivity index (χ0v) is 76.5. The van der Waals surface area contributed by atoms with Crippen LogP contribution in [-0.4, -0.2) is 151 Å². The van der Waals surface area contributed by atoms with Crippen molar-refractivity contribution in [3.05, 3.63) is 353 Å². The molecular weight excluding hydrogens is 1860 g/mol. The molecule has 5 aliphatic heterocycles. The summed E-state index contributed by atoms with van der Waals surface area (Å²) in [4.78, 5) is 71.9. The van der Waals surface area contributed by atoms with Crippen LogP contribution in [0.4, 0.5) is 57.8 Å². The Morgan fingerprint density at radius 1 is 0.331 bits per heavy atom. The molecule has 0 saturated heterocycles. The van der Waals surface area contributed by atoms with Crippen LogP contribution in [0.5, 0.6) is 11.5 Å². The Morgan fingerprint density at radius 3 is 1.03 bits per heavy atom. The fourth-order valence-electron chi connectivity index (χ4n) is 16.1. The average Bonchev–Trinajstić information content (AvgIpc) is 1.66. The van der Waals surface area contributed by atoms with Crippen LogP contribution in [0.2, 0.25) is 25.1 Å². The number of amides is 8. The summed E-state index contributed by atoms with van der Waals surface area (Å²) in [5.74, 6) is -0.277. The lowest BCUT2D eigenvalue weighted by Gasteiger charge is -2.27. The maximum Gasteiger partial charge on any atom is 0.416 e. The van der Waals surface area contributed by atoms with E-state index in [-0.39, 0.29) is 54.6 Å². The van der Waals surface area contributed by atoms with Crippen LogP contribution in [0.25, 0.3) is 56.3 Å². The number of ether oxygens (including phenoxy) is 2. The average molecular weight is 1940 g/mol. The number of aromatic amines is 5. The van der Waals surface area contributed by atoms with Gasteiger partial charge in [-0.1, -0.05) is 228 Å². The largest absolute Gasteiger partial charge is 0.484 e. The molecular formula is C100H87Cl5F6N18O7. The summed E-state index contributed by atoms with van der Waals surface area (Å²) in [6.45, 7) is 6.50. The first-order valence-corrected chi connectivity index (χ1v) is 45.2. The Morgan fingerprint density at radius 2 is 0.654 bits per heavy atom. The number of anilines is 3. The Hall–Kier alpha value is -14.4. The van der Waals surface area contributed by atoms with Crippen molar-refractivity contribution in [3.8, 4) is 67.8 Å². The molecule has 136 heavy (non-hydrogen) atoms. The zero-order chi connectivity index (χ0) is 95.2. The van der Waals surface area contributed by atoms with Gasteiger partial charge >= 0.3 is 30.4 Å². The number of carbonyl (C=O) groups excluding carboxylic acids is 5. The van der Waals surface area contributed by atoms with Gasteiger partial charge in [-0.05, 0) is 97.4 Å². The van der Waals surface area contributed by atoms with Gasteiger partial charge in [-0.25, -0.2) is 14.4 Å². The first kappa shape index (κ1) is 94.8. The molecule has 8 amide bonds. The first-order valence-electron chi connectivity index (χ1n) is 43.3. The lowest BCUT2D eigenvalue weighted by Crippen LogP contribution is -2.39. The number of benzene rings is 10. The van der Waals surface area contributed by atoms with Crippen molar-refractivity contribution in [3.63, 3.8) is 0 Å². The van der Waals surface area contributed by atoms with Gasteiger partial charge in [0.25, 0.3) is 11.8 Å². The lowest BCUT2D eigenvalue weighted by atomic mass is 10.0. The van der Waals surface area contributed by atoms with Crippen LogP contribution in [0.3, 0.4) is 0 Å². The van der Waals surface area contributed by atoms with Gasteiger partial charge in [0.15, 0.2) is 13.2 Å². The van der Waals surface area contributed by atoms with Crippen LogP contribution in [0.1, 0.15) is 73.0 Å². The number of H-pyrrole nitrogens is 5. The third-order valence-electron chi connectivity index (χ3n) is 23.4. The first-order chi connectivity index (χ1) is 65.7. The number of halogens is 11. The molecule has 5 aliphatic rings. The predicted octanol–water partition coefficient (Wildman–Crippen LogP) is 22.7. The van der Waals surface area contributed by atoms with Crippen molar-refractivity contribution in [2.45, 2.75) is 84.1 Å². The second kappa shape index (κ2) is 42.9. The third-order valence-corrected chi connectivity index (χ3v) is 25.2. The molecule has 0 unspecified atom stereocenters. The number of alkyl halides is 6. The summed E-state index contributed by atoms with van der Waals surface area (Å²) in [6, 6.07) is 73.3. The monoisotopic (exact) mass is 1940 g/mol. The Bertz CT molecular complexity index is 6450. The molecule has 696 valence electrons. The smallest absolute Gasteiger partial charge is 0.416 e. The normalized spacial score (nSPS) is 13.6. The van der Waals surface area contributed by atoms with Gasteiger partial charge < -0.3 is 49.9 Å². The van der Waals surface area contributed by atoms with E-state index in [1.165, 1.54) is 24.3 Å². The van der Waals surface area contributed by atoms with Gasteiger partial charge in [0, 0.05) is 178 Å². The Labute approximate surface area is 801 Å². The van der Waals surface area contributed by atoms with Gasteiger partial charge in [0.1, 0.15) is 11.5 Å². The second-order valence-electron chi connectivity index (χ2n) is 32.2. The van der Waals surface area contributed by atoms with Crippen molar-refractivity contribution in [2.24, 2.45) is 0 Å². The van der Waals surface area contributed by atoms with E-state index in [4.69, 9.17) is 67.5 Å². The number of aromatic nitrogens is 10. The molecule has 25 nitrogen and oxygen atoms in total. The molecule has 15 aromatic rings. The SMILES string of the molecule is Cc1c(Cl)cccc1NC(=O)N1CCc2[nH]nc(-c3ccccc3)c2C1.O=C(COc1ccc(C(F)(F)F)cc1)N1CCc2[nH]nc(-c3ccccc3)c2C1.O=C(COc1cccc(C(F)(F)F)c1)N1CCc2[nH]nc(-c3ccccc3)c2C1.O=C(Nc1cc(Cl)ccc1Cl)N1CCc2[nH]nc(-c3ccccc3)c2C1.O=C(Nc1cccc(Cl)c1Cl)N1CCc2[nH]nc(-c3ccccc3)c2C1. The van der Waals surface area contributed by atoms with E-state index in [1.807, 2.05) is 182 Å². The van der Waals surface area contributed by atoms with Crippen molar-refractivity contribution in [2.75, 3.05) is 61.9 Å². The van der Waals surface area contributed by atoms with E-state index >= 15 is 0 Å². The minimum Gasteiger partial charge on any atom is -0.484 e. The zero-order valence-electron chi connectivity index (χ0n) is 72.8. The van der Waals surface area contributed by atoms with Crippen molar-refractivity contribution in [1.82, 2.24) is 75.5 Å². The van der Waals surface area contributed by atoms with Crippen LogP contribution in [0, 0.1) is 6.92 Å². The highest BCUT2D eigenvalue weighted by molar-refractivity contribution is 6.44. The number of rotatable bonds is 14. The molecule has 20 rings (SSSR count). The summed E-state index contributed by atoms with van der Waals surface area (Å²) in [5.41, 5.74) is 20.8. The molecule has 0 saturated carbocycles. The maximum absolute atomic E-state index is 12.8. The number of nitrogens with zero attached hydrogens (tertiary/aromatic N) is 10. The molecule has 0 fully saturated rings. The highest BCUT2D eigenvalue weighted by Gasteiger charge is 2.36. The fourth-order valence-corrected chi connectivity index (χ4v) is 16.9. The highest BCUT2D eigenvalue weighted by atomic mass is 35.5. The van der Waals surface area contributed by atoms with Gasteiger partial charge in [0.05, 0.1) is 85.7 Å². The van der Waals surface area contributed by atoms with E-state index in [0.29, 0.717) is 115 Å². The number of hydrogen-bond donors (Lipinski definition) is 8. The minimum absolute atomic E-state index is 0.0131. The molecule has 0 spiro atoms. The topological polar surface area (TPSA) is 299 Å². The van der Waals surface area contributed by atoms with Gasteiger partial charge in [0.2, 0.25) is 0 Å². The Kier molecular flexibility index (Phi) is 29.9. The Balaban J connectivity index is 0.000000123. The van der Waals surface area contributed by atoms with Crippen LogP contribution in [-0.2, 0) is 86.8 Å². The number of fused-ring (bicyclic) bond motifs is 5. The number of carbonyl (C=O) groups is 5. The molecule has 0 bridgehead atoms. The molecule has 10 heterocycles. The predicted molar refractivity (Wildman–Crippen MR) is 511 cm³/mol. The third kappa shape index (κ3) is 23.0. The van der Waals surface area contributed by atoms with E-state index in [9.17, 15) is 50.3 Å². The number of urea groups is 3. The summed E-state index contributed by atoms with van der Waals surface area (Å²) in [6.07, 6.45) is -5.36. The maximum atomic E-state index is 12.8. The summed E-state index contributed by atoms with van der Waals surface area (Å²) >= 11 is 30.5. The summed E-state index contributed by atoms with van der Waals surface area (Å²) < 4.78 is 87.0. The standard InChI is InChI=1S/2C21H18F3N3O2.C20H19ClN4O.2C19H16Cl2N4O/c22-21(23,24)15-7-4-8-16(11-15)29-13-19(28)27-10-9-18-17(12-27)20(26-25-18)14-5-2-1-3-6-14;22-21(23,24)15-6-8-16(9-7-15)29-13-19(28)27-11-10-18-17(12-27)20(26-25-18)14-4-2-1-3-5-14;1-13-16(21)8-5-9-17(13)22-20(26)25-11-10-18-15(12-25)19(24-23-18)14-6-3-2-4-7-14;20-14-7-4-8-16(17(14)21)22-19(26)25-10-9-15-13(11-25)18(24-23-15)12-5-2-1-3-6-12;20-13-6-7-15(21)17(10-13)22-19(26)25-9-8-16-14(11-25)18(24-23-16)12-4-2-1-3-5-12/h1-8,11H,9-10,12-13H2,(H,25,26);1-9H,10-13H2,(H,25,26);2-9H,10-12H2,1H3,(H,22,26)(H,23,24);1-8H,9-11H2,(H,22,26)(H,23,24);1-7,10H,8-9,11H2,(H,22,26)(H,23,24). The van der Waals surface area contributed by atoms with E-state index in [1.54, 1.807) is 56.0 Å². The van der Waals surface area contributed by atoms with Crippen molar-refractivity contribution >= 4 is 105 Å². The molecule has 0 atom stereocenters. The molecule has 36 heteroatoms. The van der Waals surface area contributed by atoms with Crippen molar-refractivity contribution in [1.29, 1.82) is 0 Å². The van der Waals surface area contributed by atoms with Gasteiger partial charge in [-0.2, -0.15) is 51.8 Å². The van der Waals surface area contributed by atoms with Crippen LogP contribution < -0.4 is 25.4 Å². The molecule has 8 N–H and O–H groups in total. The molecule has 5 aromatic heterocycles.